The molecule has 0 amide bonds. The minimum absolute atomic E-state index is 0.485. The molecule has 2 fully saturated rings. The van der Waals surface area contributed by atoms with E-state index in [0.717, 1.165) is 31.5 Å². The fraction of sp³-hybridized carbons (Fsp3) is 0.786. The van der Waals surface area contributed by atoms with Crippen molar-refractivity contribution in [3.05, 3.63) is 16.1 Å². The Morgan fingerprint density at radius 3 is 3.06 bits per heavy atom. The van der Waals surface area contributed by atoms with Crippen LogP contribution in [-0.2, 0) is 6.42 Å². The highest BCUT2D eigenvalue weighted by atomic mass is 32.1. The lowest BCUT2D eigenvalue weighted by atomic mass is 10.1. The molecule has 18 heavy (non-hydrogen) atoms. The summed E-state index contributed by atoms with van der Waals surface area (Å²) in [5.74, 6) is 0.947. The van der Waals surface area contributed by atoms with Gasteiger partial charge in [-0.05, 0) is 32.1 Å². The lowest BCUT2D eigenvalue weighted by molar-refractivity contribution is 0.144. The summed E-state index contributed by atoms with van der Waals surface area (Å²) in [7, 11) is 0. The first kappa shape index (κ1) is 12.6. The first-order valence-corrected chi connectivity index (χ1v) is 8.01. The fourth-order valence-corrected chi connectivity index (χ4v) is 3.75. The number of rotatable bonds is 4. The van der Waals surface area contributed by atoms with Gasteiger partial charge in [-0.3, -0.25) is 4.90 Å². The molecule has 1 N–H and O–H groups in total. The van der Waals surface area contributed by atoms with Gasteiger partial charge in [0, 0.05) is 36.8 Å². The molecule has 2 atom stereocenters. The van der Waals surface area contributed by atoms with E-state index in [2.05, 4.69) is 35.2 Å². The molecule has 1 aromatic rings. The minimum atomic E-state index is 0.485. The van der Waals surface area contributed by atoms with Gasteiger partial charge in [-0.25, -0.2) is 4.98 Å². The van der Waals surface area contributed by atoms with E-state index in [1.165, 1.54) is 29.3 Å². The molecule has 1 aliphatic heterocycles. The van der Waals surface area contributed by atoms with Crippen LogP contribution >= 0.6 is 11.3 Å². The predicted octanol–water partition coefficient (Wildman–Crippen LogP) is 2.45. The Kier molecular flexibility index (Phi) is 3.68. The molecule has 0 spiro atoms. The first-order chi connectivity index (χ1) is 8.78. The Balaban J connectivity index is 1.65. The summed E-state index contributed by atoms with van der Waals surface area (Å²) >= 11 is 1.89. The highest BCUT2D eigenvalue weighted by Gasteiger charge is 2.35. The van der Waals surface area contributed by atoms with Crippen molar-refractivity contribution in [1.29, 1.82) is 0 Å². The number of nitrogens with zero attached hydrogens (tertiary/aromatic N) is 2. The number of aryl methyl sites for hydroxylation is 1. The van der Waals surface area contributed by atoms with Crippen LogP contribution in [0.5, 0.6) is 0 Å². The van der Waals surface area contributed by atoms with Crippen molar-refractivity contribution in [1.82, 2.24) is 15.2 Å². The summed E-state index contributed by atoms with van der Waals surface area (Å²) < 4.78 is 0. The van der Waals surface area contributed by atoms with E-state index in [1.54, 1.807) is 0 Å². The molecule has 4 heteroatoms. The summed E-state index contributed by atoms with van der Waals surface area (Å²) in [5, 5.41) is 4.97. The fourth-order valence-electron chi connectivity index (χ4n) is 2.80. The molecule has 100 valence electrons. The van der Waals surface area contributed by atoms with E-state index in [0.29, 0.717) is 6.04 Å². The first-order valence-electron chi connectivity index (χ1n) is 7.20. The van der Waals surface area contributed by atoms with Gasteiger partial charge in [0.2, 0.25) is 0 Å². The van der Waals surface area contributed by atoms with Crippen LogP contribution in [0.25, 0.3) is 0 Å². The molecule has 0 aromatic carbocycles. The Labute approximate surface area is 114 Å². The highest BCUT2D eigenvalue weighted by Crippen LogP contribution is 2.35. The smallest absolute Gasteiger partial charge is 0.110 e. The average molecular weight is 265 g/mol. The number of aromatic nitrogens is 1. The summed E-state index contributed by atoms with van der Waals surface area (Å²) in [4.78, 5) is 8.62. The van der Waals surface area contributed by atoms with Crippen LogP contribution in [0.1, 0.15) is 42.6 Å². The summed E-state index contributed by atoms with van der Waals surface area (Å²) in [5.41, 5.74) is 0. The van der Waals surface area contributed by atoms with Crippen molar-refractivity contribution in [2.24, 2.45) is 5.92 Å². The van der Waals surface area contributed by atoms with Gasteiger partial charge >= 0.3 is 0 Å². The Hall–Kier alpha value is -0.450. The van der Waals surface area contributed by atoms with Crippen LogP contribution in [-0.4, -0.2) is 35.6 Å². The van der Waals surface area contributed by atoms with Gasteiger partial charge in [0.1, 0.15) is 5.01 Å². The van der Waals surface area contributed by atoms with E-state index in [-0.39, 0.29) is 0 Å². The monoisotopic (exact) mass is 265 g/mol. The second-order valence-corrected chi connectivity index (χ2v) is 6.73. The maximum absolute atomic E-state index is 4.60. The molecule has 1 saturated carbocycles. The molecular formula is C14H23N3S. The van der Waals surface area contributed by atoms with E-state index < -0.39 is 0 Å². The lowest BCUT2D eigenvalue weighted by Gasteiger charge is -2.37. The number of piperazine rings is 1. The zero-order valence-electron chi connectivity index (χ0n) is 11.4. The van der Waals surface area contributed by atoms with Crippen molar-refractivity contribution in [3.63, 3.8) is 0 Å². The molecular weight excluding hydrogens is 242 g/mol. The molecule has 1 aliphatic carbocycles. The molecule has 2 aliphatic rings. The predicted molar refractivity (Wildman–Crippen MR) is 76.0 cm³/mol. The van der Waals surface area contributed by atoms with Crippen molar-refractivity contribution in [3.8, 4) is 0 Å². The second-order valence-electron chi connectivity index (χ2n) is 5.59. The van der Waals surface area contributed by atoms with Gasteiger partial charge < -0.3 is 5.32 Å². The van der Waals surface area contributed by atoms with Gasteiger partial charge in [0.15, 0.2) is 0 Å². The van der Waals surface area contributed by atoms with Crippen molar-refractivity contribution in [2.75, 3.05) is 19.6 Å². The second kappa shape index (κ2) is 5.27. The molecule has 2 unspecified atom stereocenters. The Morgan fingerprint density at radius 1 is 1.56 bits per heavy atom. The van der Waals surface area contributed by atoms with E-state index in [1.807, 2.05) is 11.3 Å². The standard InChI is InChI=1S/C14H23N3S/c1-3-12-8-16-14(18-12)10(2)17-7-6-15-13(9-17)11-4-5-11/h8,10-11,13,15H,3-7,9H2,1-2H3. The number of hydrogen-bond donors (Lipinski definition) is 1. The summed E-state index contributed by atoms with van der Waals surface area (Å²) in [6, 6.07) is 1.21. The lowest BCUT2D eigenvalue weighted by Crippen LogP contribution is -2.52. The third-order valence-corrected chi connectivity index (χ3v) is 5.56. The van der Waals surface area contributed by atoms with Crippen LogP contribution in [0.2, 0.25) is 0 Å². The van der Waals surface area contributed by atoms with Gasteiger partial charge in [-0.15, -0.1) is 11.3 Å². The summed E-state index contributed by atoms with van der Waals surface area (Å²) in [6.45, 7) is 8.01. The van der Waals surface area contributed by atoms with Gasteiger partial charge in [0.05, 0.1) is 6.04 Å². The van der Waals surface area contributed by atoms with E-state index >= 15 is 0 Å². The Morgan fingerprint density at radius 2 is 2.39 bits per heavy atom. The number of hydrogen-bond acceptors (Lipinski definition) is 4. The zero-order chi connectivity index (χ0) is 12.5. The van der Waals surface area contributed by atoms with E-state index in [4.69, 9.17) is 0 Å². The molecule has 1 saturated heterocycles. The Bertz CT molecular complexity index is 399. The van der Waals surface area contributed by atoms with Crippen molar-refractivity contribution in [2.45, 2.75) is 45.2 Å². The topological polar surface area (TPSA) is 28.2 Å². The van der Waals surface area contributed by atoms with Crippen molar-refractivity contribution >= 4 is 11.3 Å². The maximum Gasteiger partial charge on any atom is 0.110 e. The molecule has 0 bridgehead atoms. The molecule has 2 heterocycles. The highest BCUT2D eigenvalue weighted by molar-refractivity contribution is 7.11. The maximum atomic E-state index is 4.60. The van der Waals surface area contributed by atoms with Crippen molar-refractivity contribution < 1.29 is 0 Å². The SMILES string of the molecule is CCc1cnc(C(C)N2CCNC(C3CC3)C2)s1. The van der Waals surface area contributed by atoms with Gasteiger partial charge in [-0.1, -0.05) is 6.92 Å². The molecule has 3 nitrogen and oxygen atoms in total. The van der Waals surface area contributed by atoms with Gasteiger partial charge in [-0.2, -0.15) is 0 Å². The van der Waals surface area contributed by atoms with Crippen LogP contribution in [0.4, 0.5) is 0 Å². The van der Waals surface area contributed by atoms with Gasteiger partial charge in [0.25, 0.3) is 0 Å². The third-order valence-electron chi connectivity index (χ3n) is 4.25. The van der Waals surface area contributed by atoms with Crippen LogP contribution in [0.3, 0.4) is 0 Å². The molecule has 1 aromatic heterocycles. The van der Waals surface area contributed by atoms with E-state index in [9.17, 15) is 0 Å². The zero-order valence-corrected chi connectivity index (χ0v) is 12.2. The van der Waals surface area contributed by atoms with Crippen LogP contribution < -0.4 is 5.32 Å². The largest absolute Gasteiger partial charge is 0.311 e. The van der Waals surface area contributed by atoms with Crippen LogP contribution in [0.15, 0.2) is 6.20 Å². The third kappa shape index (κ3) is 2.60. The summed E-state index contributed by atoms with van der Waals surface area (Å²) in [6.07, 6.45) is 6.02. The quantitative estimate of drug-likeness (QED) is 0.906. The number of thiazole rings is 1. The van der Waals surface area contributed by atoms with Crippen LogP contribution in [0, 0.1) is 5.92 Å². The number of nitrogens with one attached hydrogen (secondary N) is 1. The average Bonchev–Trinajstić information content (AvgIpc) is 3.16. The molecule has 0 radical (unpaired) electrons. The minimum Gasteiger partial charge on any atom is -0.311 e. The molecule has 3 rings (SSSR count). The normalized spacial score (nSPS) is 27.3.